The van der Waals surface area contributed by atoms with Gasteiger partial charge >= 0.3 is 6.03 Å². The number of nitrogens with one attached hydrogen (secondary N) is 2. The van der Waals surface area contributed by atoms with Crippen molar-refractivity contribution in [3.8, 4) is 11.5 Å². The van der Waals surface area contributed by atoms with E-state index in [1.165, 1.54) is 24.4 Å². The first-order valence-corrected chi connectivity index (χ1v) is 5.26. The molecule has 6 N–H and O–H groups in total. The van der Waals surface area contributed by atoms with E-state index in [-0.39, 0.29) is 23.1 Å². The SMILES string of the molecule is Nc1nonc1NC(=O)NN=Cc1ccc(O)c(O)c1. The fraction of sp³-hybridized carbons (Fsp3) is 0. The van der Waals surface area contributed by atoms with E-state index < -0.39 is 6.03 Å². The zero-order valence-electron chi connectivity index (χ0n) is 9.94. The van der Waals surface area contributed by atoms with Crippen molar-refractivity contribution >= 4 is 23.9 Å². The number of rotatable bonds is 3. The number of amides is 2. The molecule has 10 heteroatoms. The molecule has 0 aliphatic heterocycles. The van der Waals surface area contributed by atoms with Crippen molar-refractivity contribution in [2.24, 2.45) is 5.10 Å². The molecule has 0 radical (unpaired) electrons. The van der Waals surface area contributed by atoms with Crippen LogP contribution >= 0.6 is 0 Å². The van der Waals surface area contributed by atoms with Gasteiger partial charge in [0.15, 0.2) is 11.5 Å². The molecule has 0 unspecified atom stereocenters. The van der Waals surface area contributed by atoms with Gasteiger partial charge in [0.25, 0.3) is 0 Å². The number of carbonyl (C=O) groups is 1. The molecule has 104 valence electrons. The van der Waals surface area contributed by atoms with Crippen LogP contribution < -0.4 is 16.5 Å². The summed E-state index contributed by atoms with van der Waals surface area (Å²) in [6.45, 7) is 0. The number of phenols is 2. The van der Waals surface area contributed by atoms with Crippen LogP contribution in [0, 0.1) is 0 Å². The van der Waals surface area contributed by atoms with E-state index in [4.69, 9.17) is 10.8 Å². The number of nitrogens with zero attached hydrogens (tertiary/aromatic N) is 3. The Balaban J connectivity index is 1.91. The Labute approximate surface area is 111 Å². The van der Waals surface area contributed by atoms with Crippen molar-refractivity contribution in [1.82, 2.24) is 15.7 Å². The van der Waals surface area contributed by atoms with Gasteiger partial charge in [0.1, 0.15) is 0 Å². The maximum Gasteiger partial charge on any atom is 0.340 e. The maximum atomic E-state index is 11.4. The Morgan fingerprint density at radius 2 is 2.15 bits per heavy atom. The van der Waals surface area contributed by atoms with Crippen LogP contribution in [0.4, 0.5) is 16.4 Å². The molecule has 10 nitrogen and oxygen atoms in total. The number of anilines is 2. The Hall–Kier alpha value is -3.30. The monoisotopic (exact) mass is 278 g/mol. The number of hydrogen-bond acceptors (Lipinski definition) is 8. The summed E-state index contributed by atoms with van der Waals surface area (Å²) in [6.07, 6.45) is 1.27. The number of nitrogen functional groups attached to an aromatic ring is 1. The van der Waals surface area contributed by atoms with E-state index in [9.17, 15) is 9.90 Å². The Morgan fingerprint density at radius 3 is 2.80 bits per heavy atom. The summed E-state index contributed by atoms with van der Waals surface area (Å²) in [6, 6.07) is 3.36. The number of benzene rings is 1. The van der Waals surface area contributed by atoms with Crippen molar-refractivity contribution in [2.45, 2.75) is 0 Å². The molecule has 2 aromatic rings. The van der Waals surface area contributed by atoms with Gasteiger partial charge in [0, 0.05) is 0 Å². The van der Waals surface area contributed by atoms with Crippen LogP contribution in [0.3, 0.4) is 0 Å². The zero-order valence-corrected chi connectivity index (χ0v) is 9.94. The van der Waals surface area contributed by atoms with Crippen molar-refractivity contribution in [2.75, 3.05) is 11.1 Å². The molecule has 1 heterocycles. The summed E-state index contributed by atoms with van der Waals surface area (Å²) >= 11 is 0. The minimum Gasteiger partial charge on any atom is -0.504 e. The predicted molar refractivity (Wildman–Crippen MR) is 68.2 cm³/mol. The van der Waals surface area contributed by atoms with Gasteiger partial charge < -0.3 is 15.9 Å². The predicted octanol–water partition coefficient (Wildman–Crippen LogP) is 0.219. The second-order valence-corrected chi connectivity index (χ2v) is 3.57. The molecule has 0 saturated heterocycles. The number of aromatic hydroxyl groups is 2. The average Bonchev–Trinajstić information content (AvgIpc) is 2.79. The summed E-state index contributed by atoms with van der Waals surface area (Å²) in [7, 11) is 0. The molecule has 0 spiro atoms. The third-order valence-electron chi connectivity index (χ3n) is 2.13. The number of nitrogens with two attached hydrogens (primary N) is 1. The molecule has 0 fully saturated rings. The van der Waals surface area contributed by atoms with Crippen LogP contribution in [-0.2, 0) is 0 Å². The lowest BCUT2D eigenvalue weighted by atomic mass is 10.2. The minimum atomic E-state index is -0.702. The molecule has 0 saturated carbocycles. The van der Waals surface area contributed by atoms with Crippen molar-refractivity contribution in [3.63, 3.8) is 0 Å². The second-order valence-electron chi connectivity index (χ2n) is 3.57. The standard InChI is InChI=1S/C10H10N6O4/c11-8-9(16-20-15-8)13-10(19)14-12-4-5-1-2-6(17)7(18)3-5/h1-4,17-18H,(H2,11,15)(H2,13,14,16,19). The lowest BCUT2D eigenvalue weighted by molar-refractivity contribution is 0.252. The number of carbonyl (C=O) groups excluding carboxylic acids is 1. The van der Waals surface area contributed by atoms with Crippen LogP contribution in [0.25, 0.3) is 0 Å². The van der Waals surface area contributed by atoms with Gasteiger partial charge in [0.2, 0.25) is 11.6 Å². The number of aromatic nitrogens is 2. The van der Waals surface area contributed by atoms with Gasteiger partial charge in [-0.2, -0.15) is 5.10 Å². The number of phenolic OH excluding ortho intramolecular Hbond substituents is 2. The largest absolute Gasteiger partial charge is 0.504 e. The number of hydrazone groups is 1. The summed E-state index contributed by atoms with van der Waals surface area (Å²) in [5, 5.41) is 30.9. The van der Waals surface area contributed by atoms with E-state index in [1.807, 2.05) is 0 Å². The van der Waals surface area contributed by atoms with Gasteiger partial charge in [-0.15, -0.1) is 0 Å². The molecular formula is C10H10N6O4. The van der Waals surface area contributed by atoms with Gasteiger partial charge in [-0.25, -0.2) is 14.8 Å². The topological polar surface area (TPSA) is 159 Å². The lowest BCUT2D eigenvalue weighted by Crippen LogP contribution is -2.24. The molecule has 0 aliphatic carbocycles. The van der Waals surface area contributed by atoms with E-state index >= 15 is 0 Å². The van der Waals surface area contributed by atoms with Crippen molar-refractivity contribution in [1.29, 1.82) is 0 Å². The molecule has 1 aromatic carbocycles. The minimum absolute atomic E-state index is 0.0278. The van der Waals surface area contributed by atoms with E-state index in [0.29, 0.717) is 5.56 Å². The highest BCUT2D eigenvalue weighted by Gasteiger charge is 2.08. The number of urea groups is 1. The highest BCUT2D eigenvalue weighted by Crippen LogP contribution is 2.23. The first-order valence-electron chi connectivity index (χ1n) is 5.26. The van der Waals surface area contributed by atoms with E-state index in [1.54, 1.807) is 0 Å². The molecule has 0 atom stereocenters. The third-order valence-corrected chi connectivity index (χ3v) is 2.13. The molecule has 20 heavy (non-hydrogen) atoms. The molecular weight excluding hydrogens is 268 g/mol. The second kappa shape index (κ2) is 5.56. The average molecular weight is 278 g/mol. The third kappa shape index (κ3) is 3.13. The van der Waals surface area contributed by atoms with Crippen LogP contribution in [0.5, 0.6) is 11.5 Å². The van der Waals surface area contributed by atoms with Crippen molar-refractivity contribution in [3.05, 3.63) is 23.8 Å². The molecule has 2 rings (SSSR count). The van der Waals surface area contributed by atoms with Gasteiger partial charge in [0.05, 0.1) is 6.21 Å². The fourth-order valence-electron chi connectivity index (χ4n) is 1.20. The first kappa shape index (κ1) is 13.1. The Kier molecular flexibility index (Phi) is 3.65. The molecule has 1 aromatic heterocycles. The summed E-state index contributed by atoms with van der Waals surface area (Å²) in [5.74, 6) is -0.630. The highest BCUT2D eigenvalue weighted by molar-refractivity contribution is 5.91. The van der Waals surface area contributed by atoms with E-state index in [0.717, 1.165) is 0 Å². The van der Waals surface area contributed by atoms with Crippen LogP contribution in [-0.4, -0.2) is 32.8 Å². The summed E-state index contributed by atoms with van der Waals surface area (Å²) < 4.78 is 4.29. The molecule has 0 bridgehead atoms. The Bertz CT molecular complexity index is 653. The van der Waals surface area contributed by atoms with Gasteiger partial charge in [-0.3, -0.25) is 5.32 Å². The number of hydrogen-bond donors (Lipinski definition) is 5. The normalized spacial score (nSPS) is 10.6. The van der Waals surface area contributed by atoms with Gasteiger partial charge in [-0.05, 0) is 34.1 Å². The summed E-state index contributed by atoms with van der Waals surface area (Å²) in [5.41, 5.74) is 7.96. The van der Waals surface area contributed by atoms with Crippen LogP contribution in [0.1, 0.15) is 5.56 Å². The first-order chi connectivity index (χ1) is 9.56. The fourth-order valence-corrected chi connectivity index (χ4v) is 1.20. The quantitative estimate of drug-likeness (QED) is 0.305. The van der Waals surface area contributed by atoms with Gasteiger partial charge in [-0.1, -0.05) is 0 Å². The molecule has 2 amide bonds. The lowest BCUT2D eigenvalue weighted by Gasteiger charge is -2.00. The zero-order chi connectivity index (χ0) is 14.5. The van der Waals surface area contributed by atoms with Crippen LogP contribution in [0.2, 0.25) is 0 Å². The van der Waals surface area contributed by atoms with E-state index in [2.05, 4.69) is 30.8 Å². The van der Waals surface area contributed by atoms with Crippen molar-refractivity contribution < 1.29 is 19.6 Å². The highest BCUT2D eigenvalue weighted by atomic mass is 16.6. The molecule has 0 aliphatic rings. The maximum absolute atomic E-state index is 11.4. The smallest absolute Gasteiger partial charge is 0.340 e. The summed E-state index contributed by atoms with van der Waals surface area (Å²) in [4.78, 5) is 11.4. The van der Waals surface area contributed by atoms with Crippen LogP contribution in [0.15, 0.2) is 27.9 Å². The Morgan fingerprint density at radius 1 is 1.35 bits per heavy atom.